The van der Waals surface area contributed by atoms with Crippen molar-refractivity contribution in [2.45, 2.75) is 27.3 Å². The maximum absolute atomic E-state index is 12.0. The van der Waals surface area contributed by atoms with Crippen LogP contribution in [0, 0.1) is 20.8 Å². The number of nitrogens with one attached hydrogen (secondary N) is 1. The Morgan fingerprint density at radius 2 is 1.74 bits per heavy atom. The van der Waals surface area contributed by atoms with Gasteiger partial charge in [-0.05, 0) is 38.0 Å². The average molecular weight is 255 g/mol. The number of aryl methyl sites for hydroxylation is 3. The van der Waals surface area contributed by atoms with Gasteiger partial charge in [0, 0.05) is 17.8 Å². The number of rotatable bonds is 3. The molecule has 0 radical (unpaired) electrons. The van der Waals surface area contributed by atoms with E-state index in [1.807, 2.05) is 62.0 Å². The number of anilines is 1. The number of hydrogen-bond acceptors (Lipinski definition) is 1. The Kier molecular flexibility index (Phi) is 3.95. The van der Waals surface area contributed by atoms with Crippen molar-refractivity contribution in [2.24, 2.45) is 0 Å². The van der Waals surface area contributed by atoms with Crippen molar-refractivity contribution in [3.05, 3.63) is 59.4 Å². The second-order valence-corrected chi connectivity index (χ2v) is 4.91. The number of carbonyl (C=O) groups is 1. The van der Waals surface area contributed by atoms with Gasteiger partial charge in [0.1, 0.15) is 0 Å². The molecule has 0 fully saturated rings. The summed E-state index contributed by atoms with van der Waals surface area (Å²) >= 11 is 0. The fourth-order valence-electron chi connectivity index (χ4n) is 1.95. The van der Waals surface area contributed by atoms with Gasteiger partial charge in [0.25, 0.3) is 5.91 Å². The Hall–Kier alpha value is -2.16. The lowest BCUT2D eigenvalue weighted by molar-refractivity contribution is -0.684. The Labute approximate surface area is 113 Å². The second kappa shape index (κ2) is 5.65. The van der Waals surface area contributed by atoms with Gasteiger partial charge < -0.3 is 5.32 Å². The zero-order chi connectivity index (χ0) is 13.8. The lowest BCUT2D eigenvalue weighted by Gasteiger charge is -2.07. The van der Waals surface area contributed by atoms with Crippen LogP contribution >= 0.6 is 0 Å². The first-order valence-electron chi connectivity index (χ1n) is 6.37. The molecule has 0 aliphatic carbocycles. The molecule has 0 unspecified atom stereocenters. The van der Waals surface area contributed by atoms with E-state index >= 15 is 0 Å². The van der Waals surface area contributed by atoms with Crippen molar-refractivity contribution in [2.75, 3.05) is 5.32 Å². The van der Waals surface area contributed by atoms with E-state index in [0.717, 1.165) is 11.3 Å². The van der Waals surface area contributed by atoms with Crippen LogP contribution in [0.1, 0.15) is 16.7 Å². The summed E-state index contributed by atoms with van der Waals surface area (Å²) in [5.74, 6) is -0.0131. The predicted molar refractivity (Wildman–Crippen MR) is 75.9 cm³/mol. The van der Waals surface area contributed by atoms with E-state index in [1.165, 1.54) is 11.1 Å². The van der Waals surface area contributed by atoms with Gasteiger partial charge in [-0.15, -0.1) is 0 Å². The van der Waals surface area contributed by atoms with E-state index in [-0.39, 0.29) is 5.91 Å². The van der Waals surface area contributed by atoms with Gasteiger partial charge in [-0.2, -0.15) is 4.57 Å². The molecular formula is C16H19N2O+. The molecule has 1 heterocycles. The maximum atomic E-state index is 12.0. The molecule has 3 nitrogen and oxygen atoms in total. The van der Waals surface area contributed by atoms with Crippen LogP contribution in [0.3, 0.4) is 0 Å². The molecule has 0 saturated carbocycles. The minimum atomic E-state index is -0.0131. The summed E-state index contributed by atoms with van der Waals surface area (Å²) in [4.78, 5) is 12.0. The molecule has 98 valence electrons. The molecule has 19 heavy (non-hydrogen) atoms. The van der Waals surface area contributed by atoms with Gasteiger partial charge in [-0.1, -0.05) is 17.7 Å². The molecule has 0 atom stereocenters. The van der Waals surface area contributed by atoms with Crippen molar-refractivity contribution < 1.29 is 9.36 Å². The molecule has 0 aliphatic heterocycles. The quantitative estimate of drug-likeness (QED) is 0.840. The highest BCUT2D eigenvalue weighted by atomic mass is 16.1. The number of amides is 1. The van der Waals surface area contributed by atoms with E-state index in [4.69, 9.17) is 0 Å². The Morgan fingerprint density at radius 3 is 2.37 bits per heavy atom. The number of carbonyl (C=O) groups excluding carboxylic acids is 1. The van der Waals surface area contributed by atoms with Crippen molar-refractivity contribution in [1.82, 2.24) is 0 Å². The fraction of sp³-hybridized carbons (Fsp3) is 0.250. The second-order valence-electron chi connectivity index (χ2n) is 4.91. The maximum Gasteiger partial charge on any atom is 0.290 e. The number of benzene rings is 1. The van der Waals surface area contributed by atoms with E-state index < -0.39 is 0 Å². The average Bonchev–Trinajstić information content (AvgIpc) is 2.36. The van der Waals surface area contributed by atoms with Crippen LogP contribution < -0.4 is 9.88 Å². The van der Waals surface area contributed by atoms with Crippen molar-refractivity contribution in [3.63, 3.8) is 0 Å². The SMILES string of the molecule is Cc1cc[n+](CC(=O)Nc2ccc(C)cc2C)cc1. The first kappa shape index (κ1) is 13.3. The molecule has 0 aliphatic rings. The molecule has 3 heteroatoms. The highest BCUT2D eigenvalue weighted by molar-refractivity contribution is 5.90. The molecule has 1 amide bonds. The Bertz CT molecular complexity index is 588. The lowest BCUT2D eigenvalue weighted by Crippen LogP contribution is -2.39. The fourth-order valence-corrected chi connectivity index (χ4v) is 1.95. The summed E-state index contributed by atoms with van der Waals surface area (Å²) in [7, 11) is 0. The number of pyridine rings is 1. The Balaban J connectivity index is 2.03. The van der Waals surface area contributed by atoms with Gasteiger partial charge in [0.15, 0.2) is 12.4 Å². The van der Waals surface area contributed by atoms with Crippen LogP contribution in [0.25, 0.3) is 0 Å². The number of hydrogen-bond donors (Lipinski definition) is 1. The van der Waals surface area contributed by atoms with E-state index in [1.54, 1.807) is 0 Å². The first-order valence-corrected chi connectivity index (χ1v) is 6.37. The third-order valence-electron chi connectivity index (χ3n) is 3.04. The first-order chi connectivity index (χ1) is 9.04. The monoisotopic (exact) mass is 255 g/mol. The molecule has 0 saturated heterocycles. The largest absolute Gasteiger partial charge is 0.320 e. The molecule has 2 rings (SSSR count). The summed E-state index contributed by atoms with van der Waals surface area (Å²) in [5.41, 5.74) is 4.35. The summed E-state index contributed by atoms with van der Waals surface area (Å²) in [6.07, 6.45) is 3.83. The standard InChI is InChI=1S/C16H18N2O/c1-12-6-8-18(9-7-12)11-16(19)17-15-5-4-13(2)10-14(15)3/h4-10H,11H2,1-3H3/p+1. The van der Waals surface area contributed by atoms with Gasteiger partial charge in [-0.3, -0.25) is 4.79 Å². The third-order valence-corrected chi connectivity index (χ3v) is 3.04. The molecule has 0 spiro atoms. The van der Waals surface area contributed by atoms with E-state index in [2.05, 4.69) is 11.4 Å². The lowest BCUT2D eigenvalue weighted by atomic mass is 10.1. The van der Waals surface area contributed by atoms with Gasteiger partial charge >= 0.3 is 0 Å². The zero-order valence-electron chi connectivity index (χ0n) is 11.6. The molecule has 1 N–H and O–H groups in total. The molecule has 1 aromatic heterocycles. The van der Waals surface area contributed by atoms with Crippen LogP contribution in [0.15, 0.2) is 42.7 Å². The number of nitrogens with zero attached hydrogens (tertiary/aromatic N) is 1. The van der Waals surface area contributed by atoms with E-state index in [0.29, 0.717) is 6.54 Å². The predicted octanol–water partition coefficient (Wildman–Crippen LogP) is 2.54. The highest BCUT2D eigenvalue weighted by Gasteiger charge is 2.10. The van der Waals surface area contributed by atoms with Crippen LogP contribution in [-0.4, -0.2) is 5.91 Å². The topological polar surface area (TPSA) is 33.0 Å². The highest BCUT2D eigenvalue weighted by Crippen LogP contribution is 2.15. The van der Waals surface area contributed by atoms with Gasteiger partial charge in [0.05, 0.1) is 0 Å². The molecule has 0 bridgehead atoms. The van der Waals surface area contributed by atoms with Crippen LogP contribution in [0.5, 0.6) is 0 Å². The minimum Gasteiger partial charge on any atom is -0.320 e. The Morgan fingerprint density at radius 1 is 1.05 bits per heavy atom. The molecule has 2 aromatic rings. The molecular weight excluding hydrogens is 236 g/mol. The summed E-state index contributed by atoms with van der Waals surface area (Å²) < 4.78 is 1.87. The van der Waals surface area contributed by atoms with Gasteiger partial charge in [-0.25, -0.2) is 0 Å². The van der Waals surface area contributed by atoms with E-state index in [9.17, 15) is 4.79 Å². The summed E-state index contributed by atoms with van der Waals surface area (Å²) in [5, 5.41) is 2.94. The van der Waals surface area contributed by atoms with Crippen LogP contribution in [0.4, 0.5) is 5.69 Å². The smallest absolute Gasteiger partial charge is 0.290 e. The third kappa shape index (κ3) is 3.65. The van der Waals surface area contributed by atoms with Crippen molar-refractivity contribution >= 4 is 11.6 Å². The number of aromatic nitrogens is 1. The normalized spacial score (nSPS) is 10.3. The van der Waals surface area contributed by atoms with Gasteiger partial charge in [0.2, 0.25) is 6.54 Å². The zero-order valence-corrected chi connectivity index (χ0v) is 11.6. The minimum absolute atomic E-state index is 0.0131. The van der Waals surface area contributed by atoms with Crippen LogP contribution in [0.2, 0.25) is 0 Å². The summed E-state index contributed by atoms with van der Waals surface area (Å²) in [6, 6.07) is 9.99. The van der Waals surface area contributed by atoms with Crippen molar-refractivity contribution in [1.29, 1.82) is 0 Å². The molecule has 1 aromatic carbocycles. The van der Waals surface area contributed by atoms with Crippen molar-refractivity contribution in [3.8, 4) is 0 Å². The van der Waals surface area contributed by atoms with Crippen LogP contribution in [-0.2, 0) is 11.3 Å². The summed E-state index contributed by atoms with van der Waals surface area (Å²) in [6.45, 7) is 6.40.